The summed E-state index contributed by atoms with van der Waals surface area (Å²) in [5.41, 5.74) is -0.647. The molecule has 4 nitrogen and oxygen atoms in total. The van der Waals surface area contributed by atoms with E-state index < -0.39 is 23.0 Å². The standard InChI is InChI=1S/C18H17Cl2FN2O2/c1-18(2,16(24)22-10-11-5-3-4-6-15(11)21)17(25)23-14-8-12(19)7-13(20)9-14/h3-9H,10H2,1-2H3,(H,22,24)(H,23,25). The van der Waals surface area contributed by atoms with Crippen molar-refractivity contribution in [2.24, 2.45) is 5.41 Å². The van der Waals surface area contributed by atoms with Crippen LogP contribution in [0.5, 0.6) is 0 Å². The van der Waals surface area contributed by atoms with Crippen molar-refractivity contribution in [1.29, 1.82) is 0 Å². The van der Waals surface area contributed by atoms with E-state index in [0.29, 0.717) is 21.3 Å². The highest BCUT2D eigenvalue weighted by Gasteiger charge is 2.36. The van der Waals surface area contributed by atoms with Gasteiger partial charge in [-0.15, -0.1) is 0 Å². The van der Waals surface area contributed by atoms with Crippen molar-refractivity contribution in [3.05, 3.63) is 63.9 Å². The summed E-state index contributed by atoms with van der Waals surface area (Å²) in [6.45, 7) is 2.95. The minimum absolute atomic E-state index is 0.00872. The summed E-state index contributed by atoms with van der Waals surface area (Å²) >= 11 is 11.8. The predicted octanol–water partition coefficient (Wildman–Crippen LogP) is 4.41. The molecule has 0 radical (unpaired) electrons. The Balaban J connectivity index is 2.04. The van der Waals surface area contributed by atoms with Gasteiger partial charge >= 0.3 is 0 Å². The van der Waals surface area contributed by atoms with Crippen molar-refractivity contribution in [3.8, 4) is 0 Å². The Morgan fingerprint density at radius 2 is 1.64 bits per heavy atom. The fourth-order valence-corrected chi connectivity index (χ4v) is 2.58. The molecule has 2 aromatic carbocycles. The molecule has 0 saturated heterocycles. The molecule has 2 amide bonds. The van der Waals surface area contributed by atoms with Crippen LogP contribution in [0.15, 0.2) is 42.5 Å². The van der Waals surface area contributed by atoms with Crippen LogP contribution in [0.1, 0.15) is 19.4 Å². The zero-order chi connectivity index (χ0) is 18.6. The van der Waals surface area contributed by atoms with E-state index in [1.54, 1.807) is 18.2 Å². The second-order valence-corrected chi connectivity index (χ2v) is 6.88. The second kappa shape index (κ2) is 7.85. The lowest BCUT2D eigenvalue weighted by Crippen LogP contribution is -2.45. The zero-order valence-electron chi connectivity index (χ0n) is 13.7. The lowest BCUT2D eigenvalue weighted by molar-refractivity contribution is -0.138. The molecule has 0 aliphatic heterocycles. The van der Waals surface area contributed by atoms with E-state index in [4.69, 9.17) is 23.2 Å². The number of hydrogen-bond acceptors (Lipinski definition) is 2. The molecule has 0 spiro atoms. The average molecular weight is 383 g/mol. The van der Waals surface area contributed by atoms with Crippen molar-refractivity contribution in [2.75, 3.05) is 5.32 Å². The highest BCUT2D eigenvalue weighted by molar-refractivity contribution is 6.35. The molecule has 0 heterocycles. The number of carbonyl (C=O) groups excluding carboxylic acids is 2. The molecule has 0 aliphatic rings. The number of nitrogens with one attached hydrogen (secondary N) is 2. The smallest absolute Gasteiger partial charge is 0.239 e. The van der Waals surface area contributed by atoms with Gasteiger partial charge in [-0.05, 0) is 38.1 Å². The SMILES string of the molecule is CC(C)(C(=O)NCc1ccccc1F)C(=O)Nc1cc(Cl)cc(Cl)c1. The first-order valence-electron chi connectivity index (χ1n) is 7.49. The molecule has 0 atom stereocenters. The summed E-state index contributed by atoms with van der Waals surface area (Å²) in [7, 11) is 0. The molecule has 25 heavy (non-hydrogen) atoms. The molecule has 0 unspecified atom stereocenters. The fraction of sp³-hybridized carbons (Fsp3) is 0.222. The third-order valence-corrected chi connectivity index (χ3v) is 4.09. The fourth-order valence-electron chi connectivity index (χ4n) is 2.05. The molecule has 0 aliphatic carbocycles. The van der Waals surface area contributed by atoms with Crippen LogP contribution in [0.4, 0.5) is 10.1 Å². The minimum atomic E-state index is -1.37. The van der Waals surface area contributed by atoms with Crippen LogP contribution >= 0.6 is 23.2 Å². The maximum atomic E-state index is 13.6. The monoisotopic (exact) mass is 382 g/mol. The lowest BCUT2D eigenvalue weighted by Gasteiger charge is -2.23. The zero-order valence-corrected chi connectivity index (χ0v) is 15.2. The number of halogens is 3. The van der Waals surface area contributed by atoms with Gasteiger partial charge in [0.15, 0.2) is 0 Å². The molecule has 0 aromatic heterocycles. The van der Waals surface area contributed by atoms with Crippen molar-refractivity contribution in [3.63, 3.8) is 0 Å². The minimum Gasteiger partial charge on any atom is -0.351 e. The van der Waals surface area contributed by atoms with Crippen molar-refractivity contribution < 1.29 is 14.0 Å². The first-order valence-corrected chi connectivity index (χ1v) is 8.25. The topological polar surface area (TPSA) is 58.2 Å². The summed E-state index contributed by atoms with van der Waals surface area (Å²) < 4.78 is 13.6. The number of hydrogen-bond donors (Lipinski definition) is 2. The van der Waals surface area contributed by atoms with Crippen LogP contribution in [0.25, 0.3) is 0 Å². The highest BCUT2D eigenvalue weighted by Crippen LogP contribution is 2.25. The number of benzene rings is 2. The van der Waals surface area contributed by atoms with Crippen LogP contribution in [0, 0.1) is 11.2 Å². The van der Waals surface area contributed by atoms with E-state index in [1.165, 1.54) is 38.1 Å². The molecular formula is C18H17Cl2FN2O2. The summed E-state index contributed by atoms with van der Waals surface area (Å²) in [6.07, 6.45) is 0. The van der Waals surface area contributed by atoms with Crippen LogP contribution < -0.4 is 10.6 Å². The molecule has 2 aromatic rings. The molecular weight excluding hydrogens is 366 g/mol. The van der Waals surface area contributed by atoms with E-state index >= 15 is 0 Å². The summed E-state index contributed by atoms with van der Waals surface area (Å²) in [5.74, 6) is -1.48. The highest BCUT2D eigenvalue weighted by atomic mass is 35.5. The predicted molar refractivity (Wildman–Crippen MR) is 97.1 cm³/mol. The maximum absolute atomic E-state index is 13.6. The van der Waals surface area contributed by atoms with Gasteiger partial charge in [-0.2, -0.15) is 0 Å². The Hall–Kier alpha value is -2.11. The van der Waals surface area contributed by atoms with Crippen LogP contribution in [0.3, 0.4) is 0 Å². The third kappa shape index (κ3) is 4.94. The summed E-state index contributed by atoms with van der Waals surface area (Å²) in [6, 6.07) is 10.7. The third-order valence-electron chi connectivity index (χ3n) is 3.65. The second-order valence-electron chi connectivity index (χ2n) is 6.01. The van der Waals surface area contributed by atoms with Gasteiger partial charge in [0.1, 0.15) is 11.2 Å². The van der Waals surface area contributed by atoms with E-state index in [9.17, 15) is 14.0 Å². The van der Waals surface area contributed by atoms with Gasteiger partial charge in [-0.3, -0.25) is 9.59 Å². The van der Waals surface area contributed by atoms with Gasteiger partial charge in [-0.1, -0.05) is 41.4 Å². The van der Waals surface area contributed by atoms with Gasteiger partial charge in [0.25, 0.3) is 0 Å². The van der Waals surface area contributed by atoms with Crippen LogP contribution in [0.2, 0.25) is 10.0 Å². The van der Waals surface area contributed by atoms with Gasteiger partial charge < -0.3 is 10.6 Å². The number of amides is 2. The molecule has 0 saturated carbocycles. The number of rotatable bonds is 5. The Kier molecular flexibility index (Phi) is 6.03. The Morgan fingerprint density at radius 3 is 2.24 bits per heavy atom. The summed E-state index contributed by atoms with van der Waals surface area (Å²) in [4.78, 5) is 24.8. The Morgan fingerprint density at radius 1 is 1.04 bits per heavy atom. The van der Waals surface area contributed by atoms with E-state index in [-0.39, 0.29) is 6.54 Å². The van der Waals surface area contributed by atoms with Gasteiger partial charge in [-0.25, -0.2) is 4.39 Å². The maximum Gasteiger partial charge on any atom is 0.239 e. The van der Waals surface area contributed by atoms with E-state index in [0.717, 1.165) is 0 Å². The van der Waals surface area contributed by atoms with Crippen molar-refractivity contribution in [2.45, 2.75) is 20.4 Å². The van der Waals surface area contributed by atoms with E-state index in [1.807, 2.05) is 0 Å². The molecule has 0 bridgehead atoms. The first kappa shape index (κ1) is 19.2. The van der Waals surface area contributed by atoms with Crippen LogP contribution in [-0.2, 0) is 16.1 Å². The molecule has 132 valence electrons. The Labute approximate surface area is 155 Å². The normalized spacial score (nSPS) is 11.1. The van der Waals surface area contributed by atoms with Gasteiger partial charge in [0.05, 0.1) is 0 Å². The molecule has 0 fully saturated rings. The van der Waals surface area contributed by atoms with Crippen molar-refractivity contribution in [1.82, 2.24) is 5.32 Å². The largest absolute Gasteiger partial charge is 0.351 e. The van der Waals surface area contributed by atoms with Crippen LogP contribution in [-0.4, -0.2) is 11.8 Å². The van der Waals surface area contributed by atoms with Crippen molar-refractivity contribution >= 4 is 40.7 Å². The molecule has 2 N–H and O–H groups in total. The Bertz CT molecular complexity index is 789. The molecule has 7 heteroatoms. The molecule has 2 rings (SSSR count). The van der Waals surface area contributed by atoms with Gasteiger partial charge in [0.2, 0.25) is 11.8 Å². The average Bonchev–Trinajstić information content (AvgIpc) is 2.52. The number of anilines is 1. The quantitative estimate of drug-likeness (QED) is 0.752. The number of carbonyl (C=O) groups is 2. The van der Waals surface area contributed by atoms with E-state index in [2.05, 4.69) is 10.6 Å². The lowest BCUT2D eigenvalue weighted by atomic mass is 9.90. The van der Waals surface area contributed by atoms with Gasteiger partial charge in [0, 0.05) is 27.8 Å². The first-order chi connectivity index (χ1) is 11.7. The summed E-state index contributed by atoms with van der Waals surface area (Å²) in [5, 5.41) is 5.92.